The van der Waals surface area contributed by atoms with Crippen molar-refractivity contribution in [2.75, 3.05) is 4.90 Å². The monoisotopic (exact) mass is 475 g/mol. The van der Waals surface area contributed by atoms with Gasteiger partial charge in [0.25, 0.3) is 0 Å². The van der Waals surface area contributed by atoms with Gasteiger partial charge in [-0.2, -0.15) is 0 Å². The molecule has 0 bridgehead atoms. The van der Waals surface area contributed by atoms with Gasteiger partial charge in [0, 0.05) is 27.9 Å². The lowest BCUT2D eigenvalue weighted by atomic mass is 10.0. The van der Waals surface area contributed by atoms with Crippen LogP contribution in [-0.2, 0) is 0 Å². The summed E-state index contributed by atoms with van der Waals surface area (Å²) in [7, 11) is 0. The van der Waals surface area contributed by atoms with E-state index >= 15 is 0 Å². The van der Waals surface area contributed by atoms with E-state index in [2.05, 4.69) is 16.7 Å². The molecule has 170 valence electrons. The Hall–Kier alpha value is -4.42. The Morgan fingerprint density at radius 1 is 0.886 bits per heavy atom. The maximum absolute atomic E-state index is 13.1. The molecule has 1 aromatic heterocycles. The van der Waals surface area contributed by atoms with Crippen molar-refractivity contribution in [1.82, 2.24) is 0 Å². The van der Waals surface area contributed by atoms with Crippen LogP contribution in [0.1, 0.15) is 32.5 Å². The van der Waals surface area contributed by atoms with Gasteiger partial charge in [0.2, 0.25) is 5.96 Å². The average Bonchev–Trinajstić information content (AvgIpc) is 3.44. The Balaban J connectivity index is 1.54. The fourth-order valence-electron chi connectivity index (χ4n) is 4.05. The van der Waals surface area contributed by atoms with Gasteiger partial charge in [0.05, 0.1) is 5.57 Å². The van der Waals surface area contributed by atoms with Crippen LogP contribution in [0, 0.1) is 0 Å². The van der Waals surface area contributed by atoms with Crippen molar-refractivity contribution in [2.24, 2.45) is 9.98 Å². The second-order valence-corrected chi connectivity index (χ2v) is 8.97. The summed E-state index contributed by atoms with van der Waals surface area (Å²) in [6, 6.07) is 24.9. The lowest BCUT2D eigenvalue weighted by molar-refractivity contribution is 0.0990. The van der Waals surface area contributed by atoms with Crippen LogP contribution in [0.4, 0.5) is 10.7 Å². The van der Waals surface area contributed by atoms with Crippen molar-refractivity contribution in [1.29, 1.82) is 0 Å². The summed E-state index contributed by atoms with van der Waals surface area (Å²) in [5, 5.41) is 2.71. The van der Waals surface area contributed by atoms with Gasteiger partial charge >= 0.3 is 0 Å². The molecule has 0 amide bonds. The number of ketones is 2. The largest absolute Gasteiger partial charge is 0.288 e. The molecule has 3 aromatic carbocycles. The van der Waals surface area contributed by atoms with E-state index < -0.39 is 0 Å². The number of thiophene rings is 1. The van der Waals surface area contributed by atoms with E-state index in [1.54, 1.807) is 12.3 Å². The normalized spacial score (nSPS) is 13.5. The van der Waals surface area contributed by atoms with Gasteiger partial charge in [-0.25, -0.2) is 9.98 Å². The first-order valence-corrected chi connectivity index (χ1v) is 11.9. The number of benzene rings is 3. The van der Waals surface area contributed by atoms with Crippen LogP contribution >= 0.6 is 11.3 Å². The van der Waals surface area contributed by atoms with E-state index in [-0.39, 0.29) is 17.1 Å². The average molecular weight is 476 g/mol. The predicted octanol–water partition coefficient (Wildman–Crippen LogP) is 7.09. The number of carbonyl (C=O) groups is 2. The van der Waals surface area contributed by atoms with E-state index in [0.717, 1.165) is 26.3 Å². The van der Waals surface area contributed by atoms with E-state index in [4.69, 9.17) is 0 Å². The lowest BCUT2D eigenvalue weighted by Crippen LogP contribution is -2.22. The van der Waals surface area contributed by atoms with Crippen molar-refractivity contribution in [3.8, 4) is 0 Å². The molecule has 5 nitrogen and oxygen atoms in total. The number of anilines is 2. The number of nitrogens with zero attached hydrogens (tertiary/aromatic N) is 3. The van der Waals surface area contributed by atoms with Gasteiger partial charge in [-0.3, -0.25) is 14.5 Å². The molecule has 0 saturated heterocycles. The van der Waals surface area contributed by atoms with Crippen molar-refractivity contribution >= 4 is 63.1 Å². The molecule has 0 N–H and O–H groups in total. The molecule has 4 aromatic rings. The number of fused-ring (bicyclic) bond motifs is 2. The Labute approximate surface area is 207 Å². The molecule has 0 fully saturated rings. The lowest BCUT2D eigenvalue weighted by Gasteiger charge is -2.21. The zero-order chi connectivity index (χ0) is 24.4. The van der Waals surface area contributed by atoms with Crippen LogP contribution in [0.2, 0.25) is 0 Å². The van der Waals surface area contributed by atoms with Crippen molar-refractivity contribution in [2.45, 2.75) is 6.92 Å². The molecule has 0 unspecified atom stereocenters. The van der Waals surface area contributed by atoms with Gasteiger partial charge in [0.1, 0.15) is 5.00 Å². The number of Topliss-reactive ketones (excluding diaryl/α,β-unsaturated/α-hetero) is 2. The molecule has 1 heterocycles. The van der Waals surface area contributed by atoms with Crippen molar-refractivity contribution in [3.05, 3.63) is 113 Å². The molecular formula is C29H21N3O2S. The highest BCUT2D eigenvalue weighted by Crippen LogP contribution is 2.36. The number of rotatable bonds is 4. The first-order valence-electron chi connectivity index (χ1n) is 11.1. The maximum atomic E-state index is 13.1. The van der Waals surface area contributed by atoms with Crippen LogP contribution in [0.5, 0.6) is 0 Å². The van der Waals surface area contributed by atoms with Gasteiger partial charge in [0.15, 0.2) is 11.6 Å². The van der Waals surface area contributed by atoms with Gasteiger partial charge in [-0.05, 0) is 66.9 Å². The van der Waals surface area contributed by atoms with Crippen LogP contribution in [0.15, 0.2) is 107 Å². The Morgan fingerprint density at radius 2 is 1.51 bits per heavy atom. The second kappa shape index (κ2) is 9.44. The molecule has 35 heavy (non-hydrogen) atoms. The van der Waals surface area contributed by atoms with Crippen molar-refractivity contribution in [3.63, 3.8) is 0 Å². The Bertz CT molecular complexity index is 1500. The number of aliphatic imine (C=N–C) groups is 2. The fourth-order valence-corrected chi connectivity index (χ4v) is 5.02. The van der Waals surface area contributed by atoms with Crippen LogP contribution in [-0.4, -0.2) is 24.2 Å². The van der Waals surface area contributed by atoms with Gasteiger partial charge in [-0.1, -0.05) is 48.5 Å². The topological polar surface area (TPSA) is 62.1 Å². The summed E-state index contributed by atoms with van der Waals surface area (Å²) in [5.74, 6) is -0.0649. The third kappa shape index (κ3) is 4.16. The summed E-state index contributed by atoms with van der Waals surface area (Å²) >= 11 is 1.44. The number of guanidine groups is 1. The summed E-state index contributed by atoms with van der Waals surface area (Å²) in [4.78, 5) is 37.5. The van der Waals surface area contributed by atoms with Gasteiger partial charge < -0.3 is 0 Å². The molecule has 0 spiro atoms. The smallest absolute Gasteiger partial charge is 0.234 e. The predicted molar refractivity (Wildman–Crippen MR) is 145 cm³/mol. The van der Waals surface area contributed by atoms with E-state index in [9.17, 15) is 9.59 Å². The summed E-state index contributed by atoms with van der Waals surface area (Å²) < 4.78 is 0. The molecule has 1 aliphatic carbocycles. The molecule has 6 heteroatoms. The zero-order valence-corrected chi connectivity index (χ0v) is 19.8. The number of para-hydroxylation sites is 1. The molecule has 0 aliphatic heterocycles. The minimum atomic E-state index is -0.242. The number of allylic oxidation sites excluding steroid dienone is 2. The van der Waals surface area contributed by atoms with Crippen LogP contribution < -0.4 is 4.90 Å². The first kappa shape index (κ1) is 22.4. The highest BCUT2D eigenvalue weighted by Gasteiger charge is 2.33. The second-order valence-electron chi connectivity index (χ2n) is 7.88. The highest BCUT2D eigenvalue weighted by atomic mass is 32.1. The fraction of sp³-hybridized carbons (Fsp3) is 0.0345. The first-order chi connectivity index (χ1) is 17.1. The molecule has 1 aliphatic rings. The van der Waals surface area contributed by atoms with Crippen LogP contribution in [0.25, 0.3) is 16.8 Å². The van der Waals surface area contributed by atoms with E-state index in [1.165, 1.54) is 11.3 Å². The molecule has 0 saturated carbocycles. The number of hydrogen-bond acceptors (Lipinski definition) is 4. The minimum absolute atomic E-state index is 0.180. The van der Waals surface area contributed by atoms with E-state index in [1.807, 2.05) is 96.8 Å². The Morgan fingerprint density at radius 3 is 2.11 bits per heavy atom. The third-order valence-corrected chi connectivity index (χ3v) is 6.70. The standard InChI is InChI=1S/C29H21N3O2S/c1-3-15-31-29(30-2)32(21-11-5-4-6-12-21)26-14-13-22(35-26)18-25-27(33)23-16-19-9-7-8-10-20(19)17-24(23)28(25)34/h3-18H,2H2,1H3/b15-3-,31-29?. The molecule has 0 atom stereocenters. The van der Waals surface area contributed by atoms with Crippen LogP contribution in [0.3, 0.4) is 0 Å². The maximum Gasteiger partial charge on any atom is 0.234 e. The number of hydrogen-bond donors (Lipinski definition) is 0. The van der Waals surface area contributed by atoms with Crippen molar-refractivity contribution < 1.29 is 9.59 Å². The summed E-state index contributed by atoms with van der Waals surface area (Å²) in [6.07, 6.45) is 5.15. The highest BCUT2D eigenvalue weighted by molar-refractivity contribution is 7.17. The SMILES string of the molecule is C=NC(=N/C=C\C)N(c1ccccc1)c1ccc(C=C2C(=O)c3cc4ccccc4cc3C2=O)s1. The Kier molecular flexibility index (Phi) is 6.04. The summed E-state index contributed by atoms with van der Waals surface area (Å²) in [6.45, 7) is 5.57. The summed E-state index contributed by atoms with van der Waals surface area (Å²) in [5.41, 5.74) is 1.97. The zero-order valence-electron chi connectivity index (χ0n) is 19.0. The van der Waals surface area contributed by atoms with Gasteiger partial charge in [-0.15, -0.1) is 11.3 Å². The molecular weight excluding hydrogens is 454 g/mol. The third-order valence-electron chi connectivity index (χ3n) is 5.68. The minimum Gasteiger partial charge on any atom is -0.288 e. The van der Waals surface area contributed by atoms with E-state index in [0.29, 0.717) is 17.1 Å². The molecule has 5 rings (SSSR count). The quantitative estimate of drug-likeness (QED) is 0.137. The molecule has 0 radical (unpaired) electrons. The number of carbonyl (C=O) groups excluding carboxylic acids is 2.